The maximum Gasteiger partial charge on any atom is 0.0726 e. The Kier molecular flexibility index (Phi) is 5.22. The minimum absolute atomic E-state index is 0.445. The van der Waals surface area contributed by atoms with E-state index in [9.17, 15) is 0 Å². The van der Waals surface area contributed by atoms with Gasteiger partial charge in [-0.1, -0.05) is 26.2 Å². The molecule has 1 N–H and O–H groups in total. The number of aromatic nitrogens is 2. The van der Waals surface area contributed by atoms with Gasteiger partial charge in [0.2, 0.25) is 0 Å². The van der Waals surface area contributed by atoms with E-state index in [0.717, 1.165) is 12.2 Å². The molecule has 0 unspecified atom stereocenters. The fourth-order valence-corrected chi connectivity index (χ4v) is 1.50. The molecule has 86 valence electrons. The average Bonchev–Trinajstić information content (AvgIpc) is 2.66. The third-order valence-corrected chi connectivity index (χ3v) is 2.49. The Morgan fingerprint density at radius 1 is 1.33 bits per heavy atom. The van der Waals surface area contributed by atoms with Crippen molar-refractivity contribution in [2.45, 2.75) is 52.5 Å². The molecule has 0 radical (unpaired) electrons. The Morgan fingerprint density at radius 2 is 2.13 bits per heavy atom. The molecule has 0 saturated carbocycles. The van der Waals surface area contributed by atoms with Crippen molar-refractivity contribution in [2.75, 3.05) is 11.9 Å². The molecule has 15 heavy (non-hydrogen) atoms. The number of anilines is 1. The monoisotopic (exact) mass is 209 g/mol. The standard InChI is InChI=1S/C12H23N3/c1-4-5-6-7-8-13-12-9-14-15(10-12)11(2)3/h9-11,13H,4-8H2,1-3H3. The number of hydrogen-bond donors (Lipinski definition) is 1. The van der Waals surface area contributed by atoms with Crippen LogP contribution in [-0.4, -0.2) is 16.3 Å². The molecular formula is C12H23N3. The first-order chi connectivity index (χ1) is 7.24. The molecule has 0 bridgehead atoms. The minimum Gasteiger partial charge on any atom is -0.383 e. The molecule has 0 aliphatic rings. The van der Waals surface area contributed by atoms with Gasteiger partial charge in [0.05, 0.1) is 11.9 Å². The summed E-state index contributed by atoms with van der Waals surface area (Å²) in [7, 11) is 0. The highest BCUT2D eigenvalue weighted by Gasteiger charge is 2.00. The van der Waals surface area contributed by atoms with Crippen LogP contribution >= 0.6 is 0 Å². The van der Waals surface area contributed by atoms with E-state index in [1.165, 1.54) is 25.7 Å². The quantitative estimate of drug-likeness (QED) is 0.697. The molecule has 0 amide bonds. The number of hydrogen-bond acceptors (Lipinski definition) is 2. The number of rotatable bonds is 7. The van der Waals surface area contributed by atoms with Crippen molar-refractivity contribution in [1.82, 2.24) is 9.78 Å². The maximum atomic E-state index is 4.28. The van der Waals surface area contributed by atoms with Gasteiger partial charge < -0.3 is 5.32 Å². The lowest BCUT2D eigenvalue weighted by molar-refractivity contribution is 0.532. The normalized spacial score (nSPS) is 10.9. The molecule has 1 heterocycles. The van der Waals surface area contributed by atoms with Crippen LogP contribution in [0.15, 0.2) is 12.4 Å². The zero-order valence-corrected chi connectivity index (χ0v) is 10.2. The maximum absolute atomic E-state index is 4.28. The van der Waals surface area contributed by atoms with Crippen molar-refractivity contribution >= 4 is 5.69 Å². The molecule has 3 heteroatoms. The van der Waals surface area contributed by atoms with E-state index >= 15 is 0 Å². The molecule has 0 atom stereocenters. The fraction of sp³-hybridized carbons (Fsp3) is 0.750. The second kappa shape index (κ2) is 6.49. The van der Waals surface area contributed by atoms with Gasteiger partial charge in [0.15, 0.2) is 0 Å². The molecule has 1 aromatic rings. The highest BCUT2D eigenvalue weighted by Crippen LogP contribution is 2.10. The van der Waals surface area contributed by atoms with Gasteiger partial charge in [0, 0.05) is 18.8 Å². The lowest BCUT2D eigenvalue weighted by atomic mass is 10.2. The highest BCUT2D eigenvalue weighted by molar-refractivity contribution is 5.37. The third-order valence-electron chi connectivity index (χ3n) is 2.49. The molecule has 0 aliphatic carbocycles. The van der Waals surface area contributed by atoms with Gasteiger partial charge in [-0.15, -0.1) is 0 Å². The summed E-state index contributed by atoms with van der Waals surface area (Å²) < 4.78 is 1.98. The molecule has 0 aliphatic heterocycles. The smallest absolute Gasteiger partial charge is 0.0726 e. The van der Waals surface area contributed by atoms with Crippen LogP contribution in [0.1, 0.15) is 52.5 Å². The summed E-state index contributed by atoms with van der Waals surface area (Å²) >= 11 is 0. The predicted octanol–water partition coefficient (Wildman–Crippen LogP) is 3.46. The molecule has 1 aromatic heterocycles. The molecule has 0 saturated heterocycles. The van der Waals surface area contributed by atoms with E-state index in [1.807, 2.05) is 10.9 Å². The molecular weight excluding hydrogens is 186 g/mol. The Bertz CT molecular complexity index is 266. The topological polar surface area (TPSA) is 29.9 Å². The van der Waals surface area contributed by atoms with Crippen molar-refractivity contribution in [3.05, 3.63) is 12.4 Å². The van der Waals surface area contributed by atoms with Crippen molar-refractivity contribution in [2.24, 2.45) is 0 Å². The molecule has 0 spiro atoms. The second-order valence-corrected chi connectivity index (χ2v) is 4.29. The summed E-state index contributed by atoms with van der Waals surface area (Å²) in [5.74, 6) is 0. The van der Waals surface area contributed by atoms with Gasteiger partial charge in [-0.3, -0.25) is 4.68 Å². The van der Waals surface area contributed by atoms with Gasteiger partial charge >= 0.3 is 0 Å². The summed E-state index contributed by atoms with van der Waals surface area (Å²) in [5.41, 5.74) is 1.14. The lowest BCUT2D eigenvalue weighted by Gasteiger charge is -2.04. The van der Waals surface area contributed by atoms with Crippen LogP contribution in [0.4, 0.5) is 5.69 Å². The van der Waals surface area contributed by atoms with Crippen molar-refractivity contribution in [3.8, 4) is 0 Å². The van der Waals surface area contributed by atoms with E-state index in [1.54, 1.807) is 0 Å². The van der Waals surface area contributed by atoms with E-state index in [-0.39, 0.29) is 0 Å². The van der Waals surface area contributed by atoms with Crippen LogP contribution in [0, 0.1) is 0 Å². The fourth-order valence-electron chi connectivity index (χ4n) is 1.50. The van der Waals surface area contributed by atoms with E-state index in [2.05, 4.69) is 37.4 Å². The lowest BCUT2D eigenvalue weighted by Crippen LogP contribution is -2.02. The highest BCUT2D eigenvalue weighted by atomic mass is 15.3. The summed E-state index contributed by atoms with van der Waals surface area (Å²) in [5, 5.41) is 7.68. The van der Waals surface area contributed by atoms with Gasteiger partial charge in [-0.05, 0) is 20.3 Å². The van der Waals surface area contributed by atoms with Gasteiger partial charge in [0.1, 0.15) is 0 Å². The molecule has 1 rings (SSSR count). The Morgan fingerprint density at radius 3 is 2.73 bits per heavy atom. The zero-order valence-electron chi connectivity index (χ0n) is 10.2. The summed E-state index contributed by atoms with van der Waals surface area (Å²) in [6, 6.07) is 0.445. The zero-order chi connectivity index (χ0) is 11.1. The second-order valence-electron chi connectivity index (χ2n) is 4.29. The predicted molar refractivity (Wildman–Crippen MR) is 65.2 cm³/mol. The van der Waals surface area contributed by atoms with Crippen molar-refractivity contribution in [1.29, 1.82) is 0 Å². The summed E-state index contributed by atoms with van der Waals surface area (Å²) in [6.45, 7) is 7.57. The van der Waals surface area contributed by atoms with Crippen LogP contribution in [0.2, 0.25) is 0 Å². The van der Waals surface area contributed by atoms with Gasteiger partial charge in [0.25, 0.3) is 0 Å². The first-order valence-corrected chi connectivity index (χ1v) is 6.02. The van der Waals surface area contributed by atoms with Crippen LogP contribution in [0.5, 0.6) is 0 Å². The largest absolute Gasteiger partial charge is 0.383 e. The Labute approximate surface area is 92.9 Å². The van der Waals surface area contributed by atoms with Gasteiger partial charge in [-0.2, -0.15) is 5.10 Å². The first-order valence-electron chi connectivity index (χ1n) is 6.02. The summed E-state index contributed by atoms with van der Waals surface area (Å²) in [6.07, 6.45) is 9.19. The van der Waals surface area contributed by atoms with Crippen LogP contribution in [-0.2, 0) is 0 Å². The number of unbranched alkanes of at least 4 members (excludes halogenated alkanes) is 3. The molecule has 3 nitrogen and oxygen atoms in total. The van der Waals surface area contributed by atoms with Crippen LogP contribution in [0.25, 0.3) is 0 Å². The number of nitrogens with zero attached hydrogens (tertiary/aromatic N) is 2. The van der Waals surface area contributed by atoms with E-state index in [0.29, 0.717) is 6.04 Å². The Balaban J connectivity index is 2.20. The SMILES string of the molecule is CCCCCCNc1cnn(C(C)C)c1. The minimum atomic E-state index is 0.445. The third kappa shape index (κ3) is 4.36. The van der Waals surface area contributed by atoms with E-state index < -0.39 is 0 Å². The number of nitrogens with one attached hydrogen (secondary N) is 1. The van der Waals surface area contributed by atoms with E-state index in [4.69, 9.17) is 0 Å². The molecule has 0 aromatic carbocycles. The molecule has 0 fully saturated rings. The summed E-state index contributed by atoms with van der Waals surface area (Å²) in [4.78, 5) is 0. The van der Waals surface area contributed by atoms with Crippen molar-refractivity contribution in [3.63, 3.8) is 0 Å². The van der Waals surface area contributed by atoms with Crippen LogP contribution < -0.4 is 5.32 Å². The average molecular weight is 209 g/mol. The Hall–Kier alpha value is -0.990. The first kappa shape index (κ1) is 12.1. The van der Waals surface area contributed by atoms with Crippen LogP contribution in [0.3, 0.4) is 0 Å². The van der Waals surface area contributed by atoms with Gasteiger partial charge in [-0.25, -0.2) is 0 Å². The van der Waals surface area contributed by atoms with Crippen molar-refractivity contribution < 1.29 is 0 Å².